The summed E-state index contributed by atoms with van der Waals surface area (Å²) < 4.78 is 0.590. The molecule has 0 aliphatic heterocycles. The summed E-state index contributed by atoms with van der Waals surface area (Å²) in [5, 5.41) is 2.73. The minimum atomic E-state index is -0.328. The summed E-state index contributed by atoms with van der Waals surface area (Å²) in [4.78, 5) is 29.6. The van der Waals surface area contributed by atoms with E-state index in [2.05, 4.69) is 26.2 Å². The smallest absolute Gasteiger partial charge is 0.274 e. The molecule has 2 rings (SSSR count). The zero-order chi connectivity index (χ0) is 15.4. The second-order valence-electron chi connectivity index (χ2n) is 4.58. The number of nitrogens with one attached hydrogen (secondary N) is 1. The van der Waals surface area contributed by atoms with E-state index in [4.69, 9.17) is 0 Å². The second-order valence-corrected chi connectivity index (χ2v) is 5.39. The van der Waals surface area contributed by atoms with E-state index in [9.17, 15) is 9.59 Å². The quantitative estimate of drug-likeness (QED) is 0.868. The summed E-state index contributed by atoms with van der Waals surface area (Å²) >= 11 is 3.22. The third kappa shape index (κ3) is 3.88. The maximum atomic E-state index is 12.1. The molecule has 0 spiro atoms. The lowest BCUT2D eigenvalue weighted by Gasteiger charge is -2.11. The topological polar surface area (TPSA) is 62.3 Å². The Labute approximate surface area is 131 Å². The van der Waals surface area contributed by atoms with Crippen LogP contribution in [0.4, 0.5) is 5.69 Å². The number of carbonyl (C=O) groups excluding carboxylic acids is 2. The van der Waals surface area contributed by atoms with Crippen LogP contribution in [-0.2, 0) is 0 Å². The number of halogens is 1. The zero-order valence-electron chi connectivity index (χ0n) is 11.6. The predicted molar refractivity (Wildman–Crippen MR) is 84.3 cm³/mol. The molecule has 0 radical (unpaired) electrons. The number of anilines is 1. The third-order valence-electron chi connectivity index (χ3n) is 2.72. The Bertz CT molecular complexity index is 686. The van der Waals surface area contributed by atoms with Gasteiger partial charge in [-0.05, 0) is 46.3 Å². The Morgan fingerprint density at radius 1 is 1.14 bits per heavy atom. The van der Waals surface area contributed by atoms with Crippen LogP contribution in [-0.4, -0.2) is 35.8 Å². The average molecular weight is 348 g/mol. The van der Waals surface area contributed by atoms with Gasteiger partial charge in [-0.1, -0.05) is 12.1 Å². The van der Waals surface area contributed by atoms with Crippen molar-refractivity contribution in [1.82, 2.24) is 9.88 Å². The standard InChI is InChI=1S/C15H14BrN3O2/c1-19(2)15(21)10-5-3-6-11(9-10)17-14(20)12-7-4-8-13(16)18-12/h3-9H,1-2H3,(H,17,20). The van der Waals surface area contributed by atoms with Gasteiger partial charge < -0.3 is 10.2 Å². The highest BCUT2D eigenvalue weighted by atomic mass is 79.9. The molecule has 1 aromatic carbocycles. The summed E-state index contributed by atoms with van der Waals surface area (Å²) in [5.74, 6) is -0.447. The maximum absolute atomic E-state index is 12.1. The Balaban J connectivity index is 2.18. The van der Waals surface area contributed by atoms with E-state index in [0.717, 1.165) is 0 Å². The third-order valence-corrected chi connectivity index (χ3v) is 3.16. The van der Waals surface area contributed by atoms with Gasteiger partial charge in [0.05, 0.1) is 0 Å². The molecule has 0 fully saturated rings. The highest BCUT2D eigenvalue weighted by Crippen LogP contribution is 2.14. The molecule has 6 heteroatoms. The summed E-state index contributed by atoms with van der Waals surface area (Å²) in [5.41, 5.74) is 1.36. The number of amides is 2. The van der Waals surface area contributed by atoms with Gasteiger partial charge >= 0.3 is 0 Å². The van der Waals surface area contributed by atoms with Crippen LogP contribution in [0.15, 0.2) is 47.1 Å². The van der Waals surface area contributed by atoms with Crippen LogP contribution >= 0.6 is 15.9 Å². The molecule has 0 aliphatic carbocycles. The maximum Gasteiger partial charge on any atom is 0.274 e. The molecule has 21 heavy (non-hydrogen) atoms. The van der Waals surface area contributed by atoms with Crippen LogP contribution in [0, 0.1) is 0 Å². The van der Waals surface area contributed by atoms with Gasteiger partial charge in [0.2, 0.25) is 0 Å². The van der Waals surface area contributed by atoms with E-state index in [0.29, 0.717) is 21.5 Å². The van der Waals surface area contributed by atoms with Gasteiger partial charge in [0.1, 0.15) is 10.3 Å². The highest BCUT2D eigenvalue weighted by Gasteiger charge is 2.11. The number of benzene rings is 1. The van der Waals surface area contributed by atoms with E-state index >= 15 is 0 Å². The molecule has 0 bridgehead atoms. The number of rotatable bonds is 3. The number of nitrogens with zero attached hydrogens (tertiary/aromatic N) is 2. The fraction of sp³-hybridized carbons (Fsp3) is 0.133. The Kier molecular flexibility index (Phi) is 4.70. The summed E-state index contributed by atoms with van der Waals surface area (Å²) in [6.07, 6.45) is 0. The first-order valence-corrected chi connectivity index (χ1v) is 7.02. The molecule has 0 saturated carbocycles. The van der Waals surface area contributed by atoms with Gasteiger partial charge in [-0.25, -0.2) is 4.98 Å². The van der Waals surface area contributed by atoms with E-state index in [-0.39, 0.29) is 11.8 Å². The van der Waals surface area contributed by atoms with Crippen LogP contribution in [0.2, 0.25) is 0 Å². The monoisotopic (exact) mass is 347 g/mol. The molecule has 5 nitrogen and oxygen atoms in total. The normalized spacial score (nSPS) is 10.0. The number of carbonyl (C=O) groups is 2. The minimum absolute atomic E-state index is 0.119. The van der Waals surface area contributed by atoms with Crippen molar-refractivity contribution in [1.29, 1.82) is 0 Å². The summed E-state index contributed by atoms with van der Waals surface area (Å²) in [6, 6.07) is 11.9. The minimum Gasteiger partial charge on any atom is -0.345 e. The van der Waals surface area contributed by atoms with Crippen molar-refractivity contribution in [2.24, 2.45) is 0 Å². The van der Waals surface area contributed by atoms with Crippen molar-refractivity contribution >= 4 is 33.4 Å². The zero-order valence-corrected chi connectivity index (χ0v) is 13.2. The highest BCUT2D eigenvalue weighted by molar-refractivity contribution is 9.10. The number of hydrogen-bond acceptors (Lipinski definition) is 3. The molecule has 1 aromatic heterocycles. The van der Waals surface area contributed by atoms with Gasteiger partial charge in [-0.2, -0.15) is 0 Å². The molecule has 0 saturated heterocycles. The fourth-order valence-corrected chi connectivity index (χ4v) is 2.06. The van der Waals surface area contributed by atoms with Crippen molar-refractivity contribution in [3.05, 3.63) is 58.3 Å². The number of pyridine rings is 1. The molecule has 1 N–H and O–H groups in total. The molecule has 0 unspecified atom stereocenters. The van der Waals surface area contributed by atoms with Crippen molar-refractivity contribution in [3.63, 3.8) is 0 Å². The predicted octanol–water partition coefficient (Wildman–Crippen LogP) is 2.80. The average Bonchev–Trinajstić information content (AvgIpc) is 2.46. The first-order valence-electron chi connectivity index (χ1n) is 6.23. The van der Waals surface area contributed by atoms with Gasteiger partial charge in [0, 0.05) is 25.3 Å². The Morgan fingerprint density at radius 3 is 2.52 bits per heavy atom. The Morgan fingerprint density at radius 2 is 1.86 bits per heavy atom. The van der Waals surface area contributed by atoms with Crippen molar-refractivity contribution in [2.75, 3.05) is 19.4 Å². The SMILES string of the molecule is CN(C)C(=O)c1cccc(NC(=O)c2cccc(Br)n2)c1. The van der Waals surface area contributed by atoms with Crippen LogP contribution in [0.25, 0.3) is 0 Å². The molecular weight excluding hydrogens is 334 g/mol. The van der Waals surface area contributed by atoms with Crippen molar-refractivity contribution in [3.8, 4) is 0 Å². The first kappa shape index (κ1) is 15.2. The lowest BCUT2D eigenvalue weighted by molar-refractivity contribution is 0.0827. The largest absolute Gasteiger partial charge is 0.345 e. The van der Waals surface area contributed by atoms with E-state index < -0.39 is 0 Å². The lowest BCUT2D eigenvalue weighted by Crippen LogP contribution is -2.22. The van der Waals surface area contributed by atoms with Gasteiger partial charge in [0.25, 0.3) is 11.8 Å². The van der Waals surface area contributed by atoms with Gasteiger partial charge in [0.15, 0.2) is 0 Å². The molecular formula is C15H14BrN3O2. The van der Waals surface area contributed by atoms with Crippen molar-refractivity contribution < 1.29 is 9.59 Å². The molecule has 0 aliphatic rings. The van der Waals surface area contributed by atoms with E-state index in [1.807, 2.05) is 0 Å². The second kappa shape index (κ2) is 6.49. The van der Waals surface area contributed by atoms with Crippen LogP contribution in [0.3, 0.4) is 0 Å². The van der Waals surface area contributed by atoms with Crippen LogP contribution in [0.1, 0.15) is 20.8 Å². The number of aromatic nitrogens is 1. The van der Waals surface area contributed by atoms with Gasteiger partial charge in [-0.3, -0.25) is 9.59 Å². The first-order chi connectivity index (χ1) is 9.97. The summed E-state index contributed by atoms with van der Waals surface area (Å²) in [7, 11) is 3.36. The molecule has 0 atom stereocenters. The van der Waals surface area contributed by atoms with E-state index in [1.54, 1.807) is 56.6 Å². The van der Waals surface area contributed by atoms with Crippen LogP contribution < -0.4 is 5.32 Å². The molecule has 2 aromatic rings. The molecule has 1 heterocycles. The molecule has 108 valence electrons. The van der Waals surface area contributed by atoms with Gasteiger partial charge in [-0.15, -0.1) is 0 Å². The fourth-order valence-electron chi connectivity index (χ4n) is 1.72. The van der Waals surface area contributed by atoms with E-state index in [1.165, 1.54) is 4.90 Å². The van der Waals surface area contributed by atoms with Crippen molar-refractivity contribution in [2.45, 2.75) is 0 Å². The lowest BCUT2D eigenvalue weighted by atomic mass is 10.2. The Hall–Kier alpha value is -2.21. The number of hydrogen-bond donors (Lipinski definition) is 1. The molecule has 2 amide bonds. The summed E-state index contributed by atoms with van der Waals surface area (Å²) in [6.45, 7) is 0. The van der Waals surface area contributed by atoms with Crippen LogP contribution in [0.5, 0.6) is 0 Å².